The number of alkyl halides is 2. The number of sulfone groups is 1. The molecule has 1 saturated heterocycles. The summed E-state index contributed by atoms with van der Waals surface area (Å²) in [5, 5.41) is 12.8. The van der Waals surface area contributed by atoms with Crippen LogP contribution in [-0.4, -0.2) is 55.4 Å². The van der Waals surface area contributed by atoms with Gasteiger partial charge < -0.3 is 10.2 Å². The van der Waals surface area contributed by atoms with Crippen molar-refractivity contribution in [3.05, 3.63) is 60.0 Å². The van der Waals surface area contributed by atoms with Gasteiger partial charge in [0.05, 0.1) is 34.1 Å². The molecule has 3 fully saturated rings. The predicted octanol–water partition coefficient (Wildman–Crippen LogP) is 5.54. The molecular formula is C30H29F3N4O3S2. The highest BCUT2D eigenvalue weighted by molar-refractivity contribution is 7.91. The Morgan fingerprint density at radius 3 is 2.29 bits per heavy atom. The van der Waals surface area contributed by atoms with Gasteiger partial charge in [-0.05, 0) is 61.2 Å². The summed E-state index contributed by atoms with van der Waals surface area (Å²) in [6.07, 6.45) is 0.0175. The first-order valence-corrected chi connectivity index (χ1v) is 16.5. The second-order valence-electron chi connectivity index (χ2n) is 11.4. The molecule has 2 aromatic carbocycles. The Balaban J connectivity index is 1.37. The summed E-state index contributed by atoms with van der Waals surface area (Å²) in [6.45, 7) is 0.804. The van der Waals surface area contributed by atoms with E-state index in [1.165, 1.54) is 23.5 Å². The Bertz CT molecular complexity index is 1630. The summed E-state index contributed by atoms with van der Waals surface area (Å²) < 4.78 is 66.8. The van der Waals surface area contributed by atoms with Gasteiger partial charge in [-0.3, -0.25) is 4.79 Å². The minimum absolute atomic E-state index is 0.0462. The van der Waals surface area contributed by atoms with E-state index in [-0.39, 0.29) is 24.3 Å². The fourth-order valence-electron chi connectivity index (χ4n) is 5.76. The monoisotopic (exact) mass is 614 g/mol. The highest BCUT2D eigenvalue weighted by Gasteiger charge is 2.51. The summed E-state index contributed by atoms with van der Waals surface area (Å²) in [4.78, 5) is 21.0. The first kappa shape index (κ1) is 28.7. The number of nitrogens with one attached hydrogen (secondary N) is 1. The van der Waals surface area contributed by atoms with Gasteiger partial charge in [0.15, 0.2) is 9.84 Å². The van der Waals surface area contributed by atoms with Crippen molar-refractivity contribution in [2.75, 3.05) is 29.5 Å². The molecule has 2 heterocycles. The number of halogens is 3. The lowest BCUT2D eigenvalue weighted by Crippen LogP contribution is -2.45. The van der Waals surface area contributed by atoms with Crippen LogP contribution in [0.3, 0.4) is 0 Å². The molecule has 12 heteroatoms. The molecule has 7 nitrogen and oxygen atoms in total. The molecule has 0 radical (unpaired) electrons. The summed E-state index contributed by atoms with van der Waals surface area (Å²) in [7, 11) is -3.02. The van der Waals surface area contributed by atoms with E-state index >= 15 is 0 Å². The quantitative estimate of drug-likeness (QED) is 0.391. The van der Waals surface area contributed by atoms with Crippen LogP contribution in [0.5, 0.6) is 0 Å². The largest absolute Gasteiger partial charge is 0.369 e. The zero-order valence-electron chi connectivity index (χ0n) is 22.7. The third-order valence-corrected chi connectivity index (χ3v) is 11.2. The highest BCUT2D eigenvalue weighted by Crippen LogP contribution is 2.50. The summed E-state index contributed by atoms with van der Waals surface area (Å²) in [6, 6.07) is 15.6. The van der Waals surface area contributed by atoms with Crippen LogP contribution in [0.4, 0.5) is 18.9 Å². The Morgan fingerprint density at radius 1 is 1.02 bits per heavy atom. The van der Waals surface area contributed by atoms with Gasteiger partial charge in [0.2, 0.25) is 11.8 Å². The minimum Gasteiger partial charge on any atom is -0.369 e. The first-order chi connectivity index (χ1) is 20.0. The fraction of sp³-hybridized carbons (Fsp3) is 0.433. The van der Waals surface area contributed by atoms with E-state index in [1.807, 2.05) is 29.2 Å². The number of rotatable bonds is 6. The number of hydrogen-bond acceptors (Lipinski definition) is 7. The first-order valence-electron chi connectivity index (χ1n) is 13.9. The molecular weight excluding hydrogens is 585 g/mol. The van der Waals surface area contributed by atoms with Gasteiger partial charge >= 0.3 is 0 Å². The number of nitrogens with zero attached hydrogens (tertiary/aromatic N) is 3. The zero-order valence-corrected chi connectivity index (χ0v) is 24.3. The van der Waals surface area contributed by atoms with Crippen LogP contribution >= 0.6 is 11.3 Å². The van der Waals surface area contributed by atoms with Gasteiger partial charge in [-0.15, -0.1) is 11.3 Å². The lowest BCUT2D eigenvalue weighted by atomic mass is 9.74. The maximum absolute atomic E-state index is 14.7. The Hall–Kier alpha value is -3.43. The lowest BCUT2D eigenvalue weighted by molar-refractivity contribution is -0.134. The second kappa shape index (κ2) is 10.7. The van der Waals surface area contributed by atoms with Crippen LogP contribution < -0.4 is 10.2 Å². The molecule has 2 atom stereocenters. The third kappa shape index (κ3) is 5.90. The zero-order chi connectivity index (χ0) is 29.7. The standard InChI is InChI=1S/C30H29F3N4O3S2/c31-21-5-1-20(2-6-21)28-35-25(23-9-10-30(32,33)17-24(23)27(38)36-29(18-34)11-12-29)26(41-28)19-3-7-22(8-4-19)37-13-15-42(39,40)16-14-37/h1-8,23-24H,9-17H2,(H,36,38). The SMILES string of the molecule is N#CC1(NC(=O)C2CC(F)(F)CCC2c2nc(-c3ccc(F)cc3)sc2-c2ccc(N3CCS(=O)(=O)CC3)cc2)CC1. The van der Waals surface area contributed by atoms with E-state index in [1.54, 1.807) is 12.1 Å². The Labute approximate surface area is 246 Å². The molecule has 42 heavy (non-hydrogen) atoms. The summed E-state index contributed by atoms with van der Waals surface area (Å²) >= 11 is 1.35. The minimum atomic E-state index is -3.02. The van der Waals surface area contributed by atoms with Crippen LogP contribution in [0, 0.1) is 23.1 Å². The average molecular weight is 615 g/mol. The van der Waals surface area contributed by atoms with Gasteiger partial charge in [0.1, 0.15) is 16.4 Å². The Morgan fingerprint density at radius 2 is 1.67 bits per heavy atom. The van der Waals surface area contributed by atoms with Crippen LogP contribution in [0.1, 0.15) is 43.7 Å². The van der Waals surface area contributed by atoms with Crippen molar-refractivity contribution in [1.29, 1.82) is 5.26 Å². The molecule has 1 aliphatic heterocycles. The molecule has 2 unspecified atom stereocenters. The van der Waals surface area contributed by atoms with Crippen LogP contribution in [0.15, 0.2) is 48.5 Å². The molecule has 6 rings (SSSR count). The van der Waals surface area contributed by atoms with Crippen molar-refractivity contribution in [3.63, 3.8) is 0 Å². The van der Waals surface area contributed by atoms with Crippen molar-refractivity contribution in [1.82, 2.24) is 10.3 Å². The predicted molar refractivity (Wildman–Crippen MR) is 155 cm³/mol. The van der Waals surface area contributed by atoms with Gasteiger partial charge in [-0.2, -0.15) is 5.26 Å². The number of nitriles is 1. The van der Waals surface area contributed by atoms with Crippen molar-refractivity contribution in [2.24, 2.45) is 5.92 Å². The maximum atomic E-state index is 14.7. The number of benzene rings is 2. The molecule has 3 aromatic rings. The van der Waals surface area contributed by atoms with E-state index in [0.29, 0.717) is 42.2 Å². The van der Waals surface area contributed by atoms with Crippen molar-refractivity contribution in [3.8, 4) is 27.1 Å². The van der Waals surface area contributed by atoms with Crippen molar-refractivity contribution >= 4 is 32.8 Å². The molecule has 220 valence electrons. The number of hydrogen-bond donors (Lipinski definition) is 1. The van der Waals surface area contributed by atoms with E-state index in [0.717, 1.165) is 16.1 Å². The van der Waals surface area contributed by atoms with E-state index in [2.05, 4.69) is 11.4 Å². The average Bonchev–Trinajstić information content (AvgIpc) is 3.60. The van der Waals surface area contributed by atoms with Crippen LogP contribution in [0.25, 0.3) is 21.0 Å². The van der Waals surface area contributed by atoms with Gasteiger partial charge in [0, 0.05) is 43.1 Å². The summed E-state index contributed by atoms with van der Waals surface area (Å²) in [5.74, 6) is -5.45. The smallest absolute Gasteiger partial charge is 0.249 e. The Kier molecular flexibility index (Phi) is 7.30. The highest BCUT2D eigenvalue weighted by atomic mass is 32.2. The number of carbonyl (C=O) groups is 1. The molecule has 0 bridgehead atoms. The van der Waals surface area contributed by atoms with E-state index < -0.39 is 51.3 Å². The lowest BCUT2D eigenvalue weighted by Gasteiger charge is -2.35. The number of carbonyl (C=O) groups excluding carboxylic acids is 1. The molecule has 1 amide bonds. The number of amides is 1. The van der Waals surface area contributed by atoms with Gasteiger partial charge in [-0.25, -0.2) is 26.6 Å². The normalized spacial score (nSPS) is 24.0. The molecule has 2 aliphatic carbocycles. The molecule has 1 aromatic heterocycles. The molecule has 1 N–H and O–H groups in total. The summed E-state index contributed by atoms with van der Waals surface area (Å²) in [5.41, 5.74) is 1.88. The number of anilines is 1. The maximum Gasteiger partial charge on any atom is 0.249 e. The second-order valence-corrected chi connectivity index (χ2v) is 14.7. The molecule has 3 aliphatic rings. The molecule has 2 saturated carbocycles. The number of thiazole rings is 1. The van der Waals surface area contributed by atoms with Crippen molar-refractivity contribution in [2.45, 2.75) is 49.5 Å². The van der Waals surface area contributed by atoms with Crippen LogP contribution in [-0.2, 0) is 14.6 Å². The van der Waals surface area contributed by atoms with Gasteiger partial charge in [-0.1, -0.05) is 12.1 Å². The van der Waals surface area contributed by atoms with E-state index in [4.69, 9.17) is 4.98 Å². The van der Waals surface area contributed by atoms with E-state index in [9.17, 15) is 31.6 Å². The third-order valence-electron chi connectivity index (χ3n) is 8.42. The molecule has 0 spiro atoms. The van der Waals surface area contributed by atoms with Gasteiger partial charge in [0.25, 0.3) is 0 Å². The fourth-order valence-corrected chi connectivity index (χ4v) is 8.10. The van der Waals surface area contributed by atoms with Crippen molar-refractivity contribution < 1.29 is 26.4 Å². The number of aromatic nitrogens is 1. The topological polar surface area (TPSA) is 103 Å². The van der Waals surface area contributed by atoms with Crippen LogP contribution in [0.2, 0.25) is 0 Å².